The summed E-state index contributed by atoms with van der Waals surface area (Å²) in [5, 5.41) is 0. The molecule has 0 spiro atoms. The van der Waals surface area contributed by atoms with Crippen molar-refractivity contribution in [3.63, 3.8) is 0 Å². The Morgan fingerprint density at radius 3 is 2.58 bits per heavy atom. The fourth-order valence-electron chi connectivity index (χ4n) is 3.39. The van der Waals surface area contributed by atoms with Crippen molar-refractivity contribution in [1.29, 1.82) is 0 Å². The van der Waals surface area contributed by atoms with Crippen LogP contribution in [0.1, 0.15) is 44.1 Å². The SMILES string of the molecule is CCCCC(=O)N1CCCN(C(=O)Cc2ccc3oc(C)nc3c2)CC1. The van der Waals surface area contributed by atoms with Gasteiger partial charge in [0.05, 0.1) is 6.42 Å². The first-order chi connectivity index (χ1) is 12.6. The fraction of sp³-hybridized carbons (Fsp3) is 0.550. The third kappa shape index (κ3) is 4.42. The Morgan fingerprint density at radius 1 is 1.12 bits per heavy atom. The second kappa shape index (κ2) is 8.34. The number of aromatic nitrogens is 1. The Hall–Kier alpha value is -2.37. The van der Waals surface area contributed by atoms with E-state index in [4.69, 9.17) is 4.42 Å². The summed E-state index contributed by atoms with van der Waals surface area (Å²) in [6.07, 6.45) is 3.76. The molecule has 0 saturated carbocycles. The van der Waals surface area contributed by atoms with Gasteiger partial charge in [0, 0.05) is 39.5 Å². The molecule has 2 aromatic rings. The molecule has 1 fully saturated rings. The summed E-state index contributed by atoms with van der Waals surface area (Å²) in [7, 11) is 0. The van der Waals surface area contributed by atoms with Crippen molar-refractivity contribution in [2.75, 3.05) is 26.2 Å². The molecule has 6 heteroatoms. The van der Waals surface area contributed by atoms with Crippen molar-refractivity contribution in [1.82, 2.24) is 14.8 Å². The first kappa shape index (κ1) is 18.4. The molecule has 2 heterocycles. The van der Waals surface area contributed by atoms with Crippen LogP contribution in [0, 0.1) is 6.92 Å². The second-order valence-electron chi connectivity index (χ2n) is 6.93. The lowest BCUT2D eigenvalue weighted by atomic mass is 10.1. The highest BCUT2D eigenvalue weighted by atomic mass is 16.3. The minimum Gasteiger partial charge on any atom is -0.441 e. The predicted molar refractivity (Wildman–Crippen MR) is 99.8 cm³/mol. The lowest BCUT2D eigenvalue weighted by Gasteiger charge is -2.22. The van der Waals surface area contributed by atoms with Gasteiger partial charge in [0.15, 0.2) is 11.5 Å². The van der Waals surface area contributed by atoms with Crippen LogP contribution in [0.3, 0.4) is 0 Å². The van der Waals surface area contributed by atoms with Crippen molar-refractivity contribution in [3.05, 3.63) is 29.7 Å². The average Bonchev–Trinajstić information content (AvgIpc) is 2.82. The molecule has 0 N–H and O–H groups in total. The highest BCUT2D eigenvalue weighted by Gasteiger charge is 2.22. The lowest BCUT2D eigenvalue weighted by Crippen LogP contribution is -2.37. The van der Waals surface area contributed by atoms with Crippen molar-refractivity contribution >= 4 is 22.9 Å². The van der Waals surface area contributed by atoms with Gasteiger partial charge in [0.2, 0.25) is 11.8 Å². The van der Waals surface area contributed by atoms with Crippen molar-refractivity contribution in [3.8, 4) is 0 Å². The molecule has 1 aromatic heterocycles. The standard InChI is InChI=1S/C20H27N3O3/c1-3-4-6-19(24)22-9-5-10-23(12-11-22)20(25)14-16-7-8-18-17(13-16)21-15(2)26-18/h7-8,13H,3-6,9-12,14H2,1-2H3. The molecule has 0 atom stereocenters. The quantitative estimate of drug-likeness (QED) is 0.825. The van der Waals surface area contributed by atoms with Crippen molar-refractivity contribution in [2.24, 2.45) is 0 Å². The molecule has 1 aromatic carbocycles. The van der Waals surface area contributed by atoms with E-state index in [1.165, 1.54) is 0 Å². The second-order valence-corrected chi connectivity index (χ2v) is 6.93. The average molecular weight is 357 g/mol. The van der Waals surface area contributed by atoms with Gasteiger partial charge in [-0.25, -0.2) is 4.98 Å². The number of carbonyl (C=O) groups excluding carboxylic acids is 2. The topological polar surface area (TPSA) is 66.7 Å². The van der Waals surface area contributed by atoms with Gasteiger partial charge >= 0.3 is 0 Å². The number of benzene rings is 1. The summed E-state index contributed by atoms with van der Waals surface area (Å²) in [4.78, 5) is 33.0. The van der Waals surface area contributed by atoms with Crippen LogP contribution in [0.4, 0.5) is 0 Å². The van der Waals surface area contributed by atoms with E-state index in [1.54, 1.807) is 0 Å². The van der Waals surface area contributed by atoms with Gasteiger partial charge < -0.3 is 14.2 Å². The van der Waals surface area contributed by atoms with Gasteiger partial charge in [-0.3, -0.25) is 9.59 Å². The van der Waals surface area contributed by atoms with Crippen molar-refractivity contribution < 1.29 is 14.0 Å². The number of aryl methyl sites for hydroxylation is 1. The first-order valence-corrected chi connectivity index (χ1v) is 9.48. The van der Waals surface area contributed by atoms with Crippen molar-refractivity contribution in [2.45, 2.75) is 46.0 Å². The van der Waals surface area contributed by atoms with Crippen LogP contribution in [0.25, 0.3) is 11.1 Å². The predicted octanol–water partition coefficient (Wildman–Crippen LogP) is 2.93. The zero-order valence-electron chi connectivity index (χ0n) is 15.7. The molecule has 1 aliphatic rings. The molecular formula is C20H27N3O3. The maximum absolute atomic E-state index is 12.7. The number of hydrogen-bond donors (Lipinski definition) is 0. The molecule has 2 amide bonds. The highest BCUT2D eigenvalue weighted by Crippen LogP contribution is 2.18. The molecule has 26 heavy (non-hydrogen) atoms. The monoisotopic (exact) mass is 357 g/mol. The Bertz CT molecular complexity index is 784. The van der Waals surface area contributed by atoms with Crippen LogP contribution >= 0.6 is 0 Å². The molecule has 0 aliphatic carbocycles. The summed E-state index contributed by atoms with van der Waals surface area (Å²) in [5.74, 6) is 0.948. The fourth-order valence-corrected chi connectivity index (χ4v) is 3.39. The van der Waals surface area contributed by atoms with E-state index in [2.05, 4.69) is 11.9 Å². The summed E-state index contributed by atoms with van der Waals surface area (Å²) < 4.78 is 5.48. The van der Waals surface area contributed by atoms with Crippen LogP contribution < -0.4 is 0 Å². The molecule has 0 radical (unpaired) electrons. The molecule has 1 aliphatic heterocycles. The molecular weight excluding hydrogens is 330 g/mol. The van der Waals surface area contributed by atoms with Gasteiger partial charge in [0.1, 0.15) is 5.52 Å². The number of hydrogen-bond acceptors (Lipinski definition) is 4. The van der Waals surface area contributed by atoms with E-state index in [9.17, 15) is 9.59 Å². The third-order valence-corrected chi connectivity index (χ3v) is 4.86. The number of unbranched alkanes of at least 4 members (excludes halogenated alkanes) is 1. The first-order valence-electron chi connectivity index (χ1n) is 9.48. The summed E-state index contributed by atoms with van der Waals surface area (Å²) in [6, 6.07) is 5.71. The summed E-state index contributed by atoms with van der Waals surface area (Å²) in [5.41, 5.74) is 2.47. The minimum absolute atomic E-state index is 0.104. The van der Waals surface area contributed by atoms with E-state index in [0.29, 0.717) is 38.4 Å². The van der Waals surface area contributed by atoms with Gasteiger partial charge in [-0.1, -0.05) is 19.4 Å². The van der Waals surface area contributed by atoms with Gasteiger partial charge in [-0.15, -0.1) is 0 Å². The molecule has 140 valence electrons. The van der Waals surface area contributed by atoms with Crippen LogP contribution in [0.5, 0.6) is 0 Å². The molecule has 6 nitrogen and oxygen atoms in total. The zero-order valence-corrected chi connectivity index (χ0v) is 15.7. The van der Waals surface area contributed by atoms with E-state index in [-0.39, 0.29) is 11.8 Å². The Morgan fingerprint density at radius 2 is 1.85 bits per heavy atom. The number of fused-ring (bicyclic) bond motifs is 1. The Balaban J connectivity index is 1.58. The molecule has 3 rings (SSSR count). The minimum atomic E-state index is 0.104. The molecule has 0 bridgehead atoms. The van der Waals surface area contributed by atoms with Crippen LogP contribution in [0.2, 0.25) is 0 Å². The number of amides is 2. The Kier molecular flexibility index (Phi) is 5.91. The van der Waals surface area contributed by atoms with E-state index in [0.717, 1.165) is 42.5 Å². The van der Waals surface area contributed by atoms with Gasteiger partial charge in [-0.2, -0.15) is 0 Å². The highest BCUT2D eigenvalue weighted by molar-refractivity contribution is 5.81. The number of rotatable bonds is 5. The third-order valence-electron chi connectivity index (χ3n) is 4.86. The van der Waals surface area contributed by atoms with Crippen LogP contribution in [0.15, 0.2) is 22.6 Å². The van der Waals surface area contributed by atoms with Crippen LogP contribution in [-0.4, -0.2) is 52.8 Å². The van der Waals surface area contributed by atoms with Gasteiger partial charge in [-0.05, 0) is 30.5 Å². The smallest absolute Gasteiger partial charge is 0.227 e. The summed E-state index contributed by atoms with van der Waals surface area (Å²) in [6.45, 7) is 6.61. The lowest BCUT2D eigenvalue weighted by molar-refractivity contribution is -0.133. The van der Waals surface area contributed by atoms with E-state index < -0.39 is 0 Å². The van der Waals surface area contributed by atoms with E-state index >= 15 is 0 Å². The molecule has 0 unspecified atom stereocenters. The normalized spacial score (nSPS) is 15.3. The number of nitrogens with zero attached hydrogens (tertiary/aromatic N) is 3. The number of oxazole rings is 1. The van der Waals surface area contributed by atoms with Crippen LogP contribution in [-0.2, 0) is 16.0 Å². The summed E-state index contributed by atoms with van der Waals surface area (Å²) >= 11 is 0. The number of carbonyl (C=O) groups is 2. The largest absolute Gasteiger partial charge is 0.441 e. The van der Waals surface area contributed by atoms with Gasteiger partial charge in [0.25, 0.3) is 0 Å². The van der Waals surface area contributed by atoms with E-state index in [1.807, 2.05) is 34.9 Å². The molecule has 1 saturated heterocycles. The Labute approximate surface area is 154 Å². The maximum atomic E-state index is 12.7. The zero-order chi connectivity index (χ0) is 18.5. The maximum Gasteiger partial charge on any atom is 0.227 e.